The van der Waals surface area contributed by atoms with E-state index in [-0.39, 0.29) is 31.6 Å². The standard InChI is InChI=1S/C16H16N2O8/c19-11-4-2-1-3-9(11)7-12(20)17-10-8-25-18(14(10)22)16(15(23)24)6-5-13(21)26-16/h1-4,10,19H,5-8H2,(H,17,20)(H,23,24)/t10-,16?/m0/s1. The number of carbonyl (C=O) groups is 4. The summed E-state index contributed by atoms with van der Waals surface area (Å²) in [6, 6.07) is 5.13. The molecule has 3 rings (SSSR count). The van der Waals surface area contributed by atoms with Crippen LogP contribution in [0, 0.1) is 0 Å². The highest BCUT2D eigenvalue weighted by molar-refractivity contribution is 5.94. The van der Waals surface area contributed by atoms with Crippen LogP contribution in [0.25, 0.3) is 0 Å². The number of hydrogen-bond acceptors (Lipinski definition) is 7. The first kappa shape index (κ1) is 17.7. The maximum absolute atomic E-state index is 12.4. The van der Waals surface area contributed by atoms with E-state index in [2.05, 4.69) is 5.32 Å². The Balaban J connectivity index is 1.67. The second kappa shape index (κ2) is 6.64. The number of carboxylic acids is 1. The molecule has 0 aliphatic carbocycles. The number of nitrogens with zero attached hydrogens (tertiary/aromatic N) is 1. The molecule has 0 aromatic heterocycles. The second-order valence-corrected chi connectivity index (χ2v) is 5.92. The van der Waals surface area contributed by atoms with Gasteiger partial charge in [-0.25, -0.2) is 4.79 Å². The molecular weight excluding hydrogens is 348 g/mol. The highest BCUT2D eigenvalue weighted by Crippen LogP contribution is 2.34. The van der Waals surface area contributed by atoms with Crippen molar-refractivity contribution in [3.8, 4) is 5.75 Å². The molecular formula is C16H16N2O8. The van der Waals surface area contributed by atoms with Gasteiger partial charge in [0.2, 0.25) is 5.91 Å². The van der Waals surface area contributed by atoms with E-state index >= 15 is 0 Å². The summed E-state index contributed by atoms with van der Waals surface area (Å²) in [6.07, 6.45) is -0.579. The summed E-state index contributed by atoms with van der Waals surface area (Å²) in [6.45, 7) is -0.294. The number of phenols is 1. The zero-order valence-electron chi connectivity index (χ0n) is 13.5. The van der Waals surface area contributed by atoms with Crippen LogP contribution in [0.15, 0.2) is 24.3 Å². The Labute approximate surface area is 147 Å². The van der Waals surface area contributed by atoms with Gasteiger partial charge in [0.25, 0.3) is 5.91 Å². The summed E-state index contributed by atoms with van der Waals surface area (Å²) < 4.78 is 4.83. The fourth-order valence-corrected chi connectivity index (χ4v) is 2.83. The molecule has 10 nitrogen and oxygen atoms in total. The number of rotatable bonds is 5. The third-order valence-electron chi connectivity index (χ3n) is 4.16. The average Bonchev–Trinajstić information content (AvgIpc) is 3.14. The smallest absolute Gasteiger partial charge is 0.372 e. The predicted molar refractivity (Wildman–Crippen MR) is 82.2 cm³/mol. The van der Waals surface area contributed by atoms with Gasteiger partial charge in [-0.05, 0) is 6.07 Å². The minimum Gasteiger partial charge on any atom is -0.508 e. The number of benzene rings is 1. The average molecular weight is 364 g/mol. The molecule has 0 spiro atoms. The minimum atomic E-state index is -2.22. The van der Waals surface area contributed by atoms with Crippen molar-refractivity contribution in [2.75, 3.05) is 6.61 Å². The lowest BCUT2D eigenvalue weighted by Gasteiger charge is -2.30. The zero-order valence-corrected chi connectivity index (χ0v) is 13.5. The number of ether oxygens (including phenoxy) is 1. The molecule has 2 fully saturated rings. The van der Waals surface area contributed by atoms with E-state index in [0.29, 0.717) is 10.6 Å². The van der Waals surface area contributed by atoms with Crippen LogP contribution in [0.2, 0.25) is 0 Å². The van der Waals surface area contributed by atoms with Crippen LogP contribution in [-0.4, -0.2) is 57.4 Å². The van der Waals surface area contributed by atoms with Crippen LogP contribution in [-0.2, 0) is 35.2 Å². The number of hydroxylamine groups is 2. The number of phenolic OH excluding ortho intramolecular Hbond substituents is 1. The normalized spacial score (nSPS) is 25.2. The monoisotopic (exact) mass is 364 g/mol. The Morgan fingerprint density at radius 2 is 2.04 bits per heavy atom. The van der Waals surface area contributed by atoms with E-state index in [1.165, 1.54) is 6.07 Å². The molecule has 0 radical (unpaired) electrons. The Morgan fingerprint density at radius 3 is 2.65 bits per heavy atom. The summed E-state index contributed by atoms with van der Waals surface area (Å²) >= 11 is 0. The first-order valence-electron chi connectivity index (χ1n) is 7.82. The highest BCUT2D eigenvalue weighted by atomic mass is 16.7. The Morgan fingerprint density at radius 1 is 1.31 bits per heavy atom. The number of esters is 1. The molecule has 10 heteroatoms. The maximum Gasteiger partial charge on any atom is 0.372 e. The number of amides is 2. The quantitative estimate of drug-likeness (QED) is 0.583. The van der Waals surface area contributed by atoms with Gasteiger partial charge in [0.15, 0.2) is 0 Å². The summed E-state index contributed by atoms with van der Waals surface area (Å²) in [4.78, 5) is 52.6. The molecule has 0 bridgehead atoms. The van der Waals surface area contributed by atoms with Gasteiger partial charge < -0.3 is 20.3 Å². The van der Waals surface area contributed by atoms with Crippen molar-refractivity contribution >= 4 is 23.8 Å². The van der Waals surface area contributed by atoms with Gasteiger partial charge in [0.05, 0.1) is 12.8 Å². The number of carbonyl (C=O) groups excluding carboxylic acids is 3. The summed E-state index contributed by atoms with van der Waals surface area (Å²) in [5, 5.41) is 22.0. The highest BCUT2D eigenvalue weighted by Gasteiger charge is 2.59. The first-order chi connectivity index (χ1) is 12.3. The fraction of sp³-hybridized carbons (Fsp3) is 0.375. The molecule has 2 atom stereocenters. The summed E-state index contributed by atoms with van der Waals surface area (Å²) in [5.74, 6) is -3.72. The second-order valence-electron chi connectivity index (χ2n) is 5.92. The Bertz CT molecular complexity index is 779. The van der Waals surface area contributed by atoms with E-state index in [1.807, 2.05) is 0 Å². The van der Waals surface area contributed by atoms with Crippen LogP contribution in [0.1, 0.15) is 18.4 Å². The molecule has 26 heavy (non-hydrogen) atoms. The molecule has 2 heterocycles. The van der Waals surface area contributed by atoms with Crippen molar-refractivity contribution in [1.82, 2.24) is 10.4 Å². The van der Waals surface area contributed by atoms with Crippen molar-refractivity contribution in [3.05, 3.63) is 29.8 Å². The molecule has 2 aliphatic rings. The summed E-state index contributed by atoms with van der Waals surface area (Å²) in [5.41, 5.74) is -1.84. The number of aliphatic carboxylic acids is 1. The van der Waals surface area contributed by atoms with Gasteiger partial charge in [-0.2, -0.15) is 5.06 Å². The Kier molecular flexibility index (Phi) is 4.51. The number of hydrogen-bond donors (Lipinski definition) is 3. The Hall–Kier alpha value is -3.14. The van der Waals surface area contributed by atoms with Crippen LogP contribution in [0.3, 0.4) is 0 Å². The van der Waals surface area contributed by atoms with E-state index in [1.54, 1.807) is 18.2 Å². The van der Waals surface area contributed by atoms with E-state index < -0.39 is 35.5 Å². The molecule has 138 valence electrons. The fourth-order valence-electron chi connectivity index (χ4n) is 2.83. The molecule has 2 aliphatic heterocycles. The third-order valence-corrected chi connectivity index (χ3v) is 4.16. The SMILES string of the molecule is O=C(Cc1ccccc1O)N[C@H]1CON(C2(C(=O)O)CCC(=O)O2)C1=O. The number of nitrogens with one attached hydrogen (secondary N) is 1. The molecule has 1 unspecified atom stereocenters. The first-order valence-corrected chi connectivity index (χ1v) is 7.82. The molecule has 1 aromatic rings. The lowest BCUT2D eigenvalue weighted by atomic mass is 10.1. The minimum absolute atomic E-state index is 0.0547. The third kappa shape index (κ3) is 3.06. The predicted octanol–water partition coefficient (Wildman–Crippen LogP) is -0.689. The van der Waals surface area contributed by atoms with Crippen LogP contribution in [0.5, 0.6) is 5.75 Å². The van der Waals surface area contributed by atoms with Crippen LogP contribution < -0.4 is 5.32 Å². The van der Waals surface area contributed by atoms with E-state index in [9.17, 15) is 29.4 Å². The topological polar surface area (TPSA) is 142 Å². The van der Waals surface area contributed by atoms with Crippen molar-refractivity contribution in [1.29, 1.82) is 0 Å². The van der Waals surface area contributed by atoms with Gasteiger partial charge >= 0.3 is 17.7 Å². The number of aromatic hydroxyl groups is 1. The zero-order chi connectivity index (χ0) is 18.9. The van der Waals surface area contributed by atoms with E-state index in [0.717, 1.165) is 0 Å². The van der Waals surface area contributed by atoms with Gasteiger partial charge in [0, 0.05) is 12.0 Å². The van der Waals surface area contributed by atoms with Crippen molar-refractivity contribution < 1.29 is 39.0 Å². The van der Waals surface area contributed by atoms with Crippen molar-refractivity contribution in [3.63, 3.8) is 0 Å². The van der Waals surface area contributed by atoms with Gasteiger partial charge in [0.1, 0.15) is 18.4 Å². The molecule has 1 aromatic carbocycles. The molecule has 2 saturated heterocycles. The number of cyclic esters (lactones) is 1. The van der Waals surface area contributed by atoms with Crippen LogP contribution in [0.4, 0.5) is 0 Å². The number of para-hydroxylation sites is 1. The van der Waals surface area contributed by atoms with E-state index in [4.69, 9.17) is 9.57 Å². The molecule has 3 N–H and O–H groups in total. The van der Waals surface area contributed by atoms with Crippen molar-refractivity contribution in [2.45, 2.75) is 31.0 Å². The molecule has 0 saturated carbocycles. The maximum atomic E-state index is 12.4. The largest absolute Gasteiger partial charge is 0.508 e. The van der Waals surface area contributed by atoms with Gasteiger partial charge in [-0.15, -0.1) is 0 Å². The molecule has 2 amide bonds. The number of carboxylic acid groups (broad SMARTS) is 1. The van der Waals surface area contributed by atoms with Crippen molar-refractivity contribution in [2.24, 2.45) is 0 Å². The lowest BCUT2D eigenvalue weighted by molar-refractivity contribution is -0.256. The van der Waals surface area contributed by atoms with Crippen LogP contribution >= 0.6 is 0 Å². The van der Waals surface area contributed by atoms with Gasteiger partial charge in [-0.3, -0.25) is 19.2 Å². The van der Waals surface area contributed by atoms with Gasteiger partial charge in [-0.1, -0.05) is 18.2 Å². The lowest BCUT2D eigenvalue weighted by Crippen LogP contribution is -2.56. The summed E-state index contributed by atoms with van der Waals surface area (Å²) in [7, 11) is 0.